The molecule has 0 atom stereocenters. The highest BCUT2D eigenvalue weighted by Gasteiger charge is 2.40. The number of hydrogen-bond acceptors (Lipinski definition) is 4. The number of H-pyrrole nitrogens is 1. The smallest absolute Gasteiger partial charge is 0.271 e. The number of alkyl halides is 6. The molecule has 0 saturated heterocycles. The van der Waals surface area contributed by atoms with Crippen LogP contribution in [-0.4, -0.2) is 29.7 Å². The van der Waals surface area contributed by atoms with Crippen LogP contribution in [0.3, 0.4) is 0 Å². The van der Waals surface area contributed by atoms with Gasteiger partial charge in [-0.2, -0.15) is 31.4 Å². The summed E-state index contributed by atoms with van der Waals surface area (Å²) in [6.45, 7) is 0. The van der Waals surface area contributed by atoms with Crippen molar-refractivity contribution in [3.8, 4) is 5.69 Å². The zero-order valence-electron chi connectivity index (χ0n) is 12.4. The molecule has 6 nitrogen and oxygen atoms in total. The normalized spacial score (nSPS) is 13.0. The Balaban J connectivity index is 2.06. The van der Waals surface area contributed by atoms with Crippen molar-refractivity contribution in [3.63, 3.8) is 0 Å². The van der Waals surface area contributed by atoms with Crippen molar-refractivity contribution in [2.75, 3.05) is 0 Å². The van der Waals surface area contributed by atoms with E-state index in [9.17, 15) is 26.3 Å². The first-order valence-electron chi connectivity index (χ1n) is 6.98. The zero-order chi connectivity index (χ0) is 18.7. The van der Waals surface area contributed by atoms with Gasteiger partial charge in [-0.25, -0.2) is 15.0 Å². The zero-order valence-corrected chi connectivity index (χ0v) is 12.4. The molecule has 0 fully saturated rings. The molecule has 1 N–H and O–H groups in total. The van der Waals surface area contributed by atoms with E-state index in [2.05, 4.69) is 25.1 Å². The average Bonchev–Trinajstić information content (AvgIpc) is 3.16. The molecule has 4 aromatic heterocycles. The molecule has 4 heterocycles. The van der Waals surface area contributed by atoms with E-state index in [1.54, 1.807) is 0 Å². The van der Waals surface area contributed by atoms with Gasteiger partial charge in [0.05, 0.1) is 18.1 Å². The lowest BCUT2D eigenvalue weighted by Crippen LogP contribution is -2.15. The topological polar surface area (TPSA) is 72.3 Å². The number of nitrogens with zero attached hydrogens (tertiary/aromatic N) is 5. The molecule has 0 radical (unpaired) electrons. The Morgan fingerprint density at radius 3 is 2.38 bits per heavy atom. The van der Waals surface area contributed by atoms with Crippen molar-refractivity contribution in [1.82, 2.24) is 29.7 Å². The Morgan fingerprint density at radius 1 is 0.923 bits per heavy atom. The van der Waals surface area contributed by atoms with Crippen LogP contribution in [0.2, 0.25) is 0 Å². The highest BCUT2D eigenvalue weighted by Crippen LogP contribution is 2.35. The second-order valence-electron chi connectivity index (χ2n) is 5.31. The van der Waals surface area contributed by atoms with E-state index in [-0.39, 0.29) is 11.2 Å². The summed E-state index contributed by atoms with van der Waals surface area (Å²) in [6.07, 6.45) is -7.33. The number of aromatic amines is 1. The Kier molecular flexibility index (Phi) is 3.23. The lowest BCUT2D eigenvalue weighted by Gasteiger charge is -2.11. The number of fused-ring (bicyclic) bond motifs is 2. The van der Waals surface area contributed by atoms with Gasteiger partial charge in [-0.15, -0.1) is 0 Å². The fraction of sp³-hybridized carbons (Fsp3) is 0.143. The number of hydrogen-bond donors (Lipinski definition) is 1. The van der Waals surface area contributed by atoms with Crippen LogP contribution in [-0.2, 0) is 12.4 Å². The largest absolute Gasteiger partial charge is 0.450 e. The fourth-order valence-electron chi connectivity index (χ4n) is 2.50. The first-order valence-corrected chi connectivity index (χ1v) is 6.98. The summed E-state index contributed by atoms with van der Waals surface area (Å²) in [5.41, 5.74) is -2.04. The maximum atomic E-state index is 13.4. The van der Waals surface area contributed by atoms with Crippen LogP contribution in [0.5, 0.6) is 0 Å². The maximum absolute atomic E-state index is 13.4. The van der Waals surface area contributed by atoms with Gasteiger partial charge in [0.25, 0.3) is 0 Å². The summed E-state index contributed by atoms with van der Waals surface area (Å²) in [7, 11) is 0. The molecule has 0 spiro atoms. The number of nitrogens with one attached hydrogen (secondary N) is 1. The summed E-state index contributed by atoms with van der Waals surface area (Å²) < 4.78 is 79.4. The molecule has 134 valence electrons. The van der Waals surface area contributed by atoms with E-state index in [0.717, 1.165) is 12.3 Å². The molecular formula is C14H6F6N6. The first-order chi connectivity index (χ1) is 12.1. The lowest BCUT2D eigenvalue weighted by atomic mass is 10.3. The van der Waals surface area contributed by atoms with Gasteiger partial charge in [-0.1, -0.05) is 0 Å². The van der Waals surface area contributed by atoms with E-state index in [0.29, 0.717) is 21.7 Å². The van der Waals surface area contributed by atoms with Gasteiger partial charge >= 0.3 is 12.4 Å². The SMILES string of the molecule is FC(F)(F)c1ccc2nc(C(F)(F)F)n(-c3cnc4[nH]ncc4c3)c2n1. The molecule has 0 amide bonds. The van der Waals surface area contributed by atoms with Gasteiger partial charge in [0.15, 0.2) is 11.3 Å². The van der Waals surface area contributed by atoms with E-state index in [1.807, 2.05) is 0 Å². The molecular weight excluding hydrogens is 366 g/mol. The quantitative estimate of drug-likeness (QED) is 0.517. The first kappa shape index (κ1) is 16.3. The highest BCUT2D eigenvalue weighted by molar-refractivity contribution is 5.79. The molecule has 0 unspecified atom stereocenters. The van der Waals surface area contributed by atoms with Crippen molar-refractivity contribution in [2.45, 2.75) is 12.4 Å². The molecule has 0 aliphatic heterocycles. The number of halogens is 6. The van der Waals surface area contributed by atoms with Crippen LogP contribution in [0.25, 0.3) is 27.9 Å². The third-order valence-electron chi connectivity index (χ3n) is 3.58. The summed E-state index contributed by atoms with van der Waals surface area (Å²) in [5, 5.41) is 6.61. The predicted molar refractivity (Wildman–Crippen MR) is 76.3 cm³/mol. The van der Waals surface area contributed by atoms with E-state index in [1.165, 1.54) is 12.3 Å². The van der Waals surface area contributed by atoms with Crippen LogP contribution in [0, 0.1) is 0 Å². The van der Waals surface area contributed by atoms with Crippen LogP contribution >= 0.6 is 0 Å². The van der Waals surface area contributed by atoms with Gasteiger partial charge in [0, 0.05) is 5.39 Å². The molecule has 0 saturated carbocycles. The van der Waals surface area contributed by atoms with Gasteiger partial charge in [0.2, 0.25) is 5.82 Å². The predicted octanol–water partition coefficient (Wildman–Crippen LogP) is 3.73. The number of imidazole rings is 1. The van der Waals surface area contributed by atoms with Crippen molar-refractivity contribution in [3.05, 3.63) is 42.1 Å². The summed E-state index contributed by atoms with van der Waals surface area (Å²) in [6, 6.07) is 2.72. The average molecular weight is 372 g/mol. The molecule has 0 bridgehead atoms. The minimum atomic E-state index is -4.91. The Bertz CT molecular complexity index is 1120. The molecule has 0 aromatic carbocycles. The Labute approximate surface area is 139 Å². The summed E-state index contributed by atoms with van der Waals surface area (Å²) >= 11 is 0. The fourth-order valence-corrected chi connectivity index (χ4v) is 2.50. The van der Waals surface area contributed by atoms with Gasteiger partial charge < -0.3 is 0 Å². The number of pyridine rings is 2. The minimum Gasteiger partial charge on any atom is -0.271 e. The summed E-state index contributed by atoms with van der Waals surface area (Å²) in [5.74, 6) is -1.40. The summed E-state index contributed by atoms with van der Waals surface area (Å²) in [4.78, 5) is 10.7. The van der Waals surface area contributed by atoms with Crippen LogP contribution in [0.15, 0.2) is 30.6 Å². The Hall–Kier alpha value is -3.18. The third kappa shape index (κ3) is 2.53. The minimum absolute atomic E-state index is 0.138. The second-order valence-corrected chi connectivity index (χ2v) is 5.31. The molecule has 4 aromatic rings. The maximum Gasteiger partial charge on any atom is 0.450 e. The second kappa shape index (κ2) is 5.16. The highest BCUT2D eigenvalue weighted by atomic mass is 19.4. The van der Waals surface area contributed by atoms with Crippen molar-refractivity contribution < 1.29 is 26.3 Å². The van der Waals surface area contributed by atoms with Crippen molar-refractivity contribution >= 4 is 22.2 Å². The molecule has 0 aliphatic carbocycles. The van der Waals surface area contributed by atoms with Crippen LogP contribution < -0.4 is 0 Å². The number of aromatic nitrogens is 6. The van der Waals surface area contributed by atoms with Crippen molar-refractivity contribution in [2.24, 2.45) is 0 Å². The third-order valence-corrected chi connectivity index (χ3v) is 3.58. The molecule has 26 heavy (non-hydrogen) atoms. The van der Waals surface area contributed by atoms with Crippen molar-refractivity contribution in [1.29, 1.82) is 0 Å². The molecule has 12 heteroatoms. The van der Waals surface area contributed by atoms with E-state index >= 15 is 0 Å². The van der Waals surface area contributed by atoms with Crippen LogP contribution in [0.4, 0.5) is 26.3 Å². The Morgan fingerprint density at radius 2 is 1.69 bits per heavy atom. The van der Waals surface area contributed by atoms with Crippen LogP contribution in [0.1, 0.15) is 11.5 Å². The van der Waals surface area contributed by atoms with Gasteiger partial charge in [-0.05, 0) is 18.2 Å². The van der Waals surface area contributed by atoms with E-state index < -0.39 is 29.5 Å². The lowest BCUT2D eigenvalue weighted by molar-refractivity contribution is -0.145. The molecule has 0 aliphatic rings. The number of rotatable bonds is 1. The monoisotopic (exact) mass is 372 g/mol. The van der Waals surface area contributed by atoms with Gasteiger partial charge in [-0.3, -0.25) is 9.67 Å². The van der Waals surface area contributed by atoms with E-state index in [4.69, 9.17) is 0 Å². The molecule has 4 rings (SSSR count). The standard InChI is InChI=1S/C14H6F6N6/c15-13(16,17)9-2-1-8-11(24-9)26(12(23-8)14(18,19)20)7-3-6-4-22-25-10(6)21-5-7/h1-5H,(H,21,22,25). The van der Waals surface area contributed by atoms with Gasteiger partial charge in [0.1, 0.15) is 11.2 Å².